The standard InChI is InChI=1S/C23H26N2O4/c1-4-15-9-8-10-16(5-2)21(15)24-22(27)17-13-20(26)25(14-17)19-12-7-6-11-18(19)23(28)29-3/h6-12,17H,4-5,13-14H2,1-3H3,(H,24,27). The van der Waals surface area contributed by atoms with Crippen molar-refractivity contribution in [2.75, 3.05) is 23.9 Å². The summed E-state index contributed by atoms with van der Waals surface area (Å²) in [4.78, 5) is 39.2. The van der Waals surface area contributed by atoms with E-state index in [1.54, 1.807) is 24.3 Å². The number of hydrogen-bond donors (Lipinski definition) is 1. The molecule has 152 valence electrons. The highest BCUT2D eigenvalue weighted by molar-refractivity contribution is 6.07. The smallest absolute Gasteiger partial charge is 0.339 e. The number of rotatable bonds is 6. The van der Waals surface area contributed by atoms with Gasteiger partial charge in [0, 0.05) is 18.7 Å². The number of para-hydroxylation sites is 2. The second-order valence-electron chi connectivity index (χ2n) is 7.06. The molecule has 0 aromatic heterocycles. The van der Waals surface area contributed by atoms with Crippen LogP contribution < -0.4 is 10.2 Å². The summed E-state index contributed by atoms with van der Waals surface area (Å²) in [6.45, 7) is 4.33. The summed E-state index contributed by atoms with van der Waals surface area (Å²) in [5.41, 5.74) is 3.80. The van der Waals surface area contributed by atoms with E-state index in [-0.39, 0.29) is 24.8 Å². The van der Waals surface area contributed by atoms with Crippen LogP contribution in [0.5, 0.6) is 0 Å². The Kier molecular flexibility index (Phi) is 6.32. The van der Waals surface area contributed by atoms with Crippen LogP contribution in [0.3, 0.4) is 0 Å². The van der Waals surface area contributed by atoms with Gasteiger partial charge < -0.3 is 15.0 Å². The maximum Gasteiger partial charge on any atom is 0.339 e. The van der Waals surface area contributed by atoms with Gasteiger partial charge >= 0.3 is 5.97 Å². The minimum absolute atomic E-state index is 0.108. The number of nitrogens with zero attached hydrogens (tertiary/aromatic N) is 1. The molecule has 1 aliphatic heterocycles. The van der Waals surface area contributed by atoms with Crippen LogP contribution in [-0.2, 0) is 27.2 Å². The first kappa shape index (κ1) is 20.6. The molecule has 1 unspecified atom stereocenters. The van der Waals surface area contributed by atoms with Crippen LogP contribution in [-0.4, -0.2) is 31.4 Å². The third-order valence-corrected chi connectivity index (χ3v) is 5.34. The van der Waals surface area contributed by atoms with E-state index in [9.17, 15) is 14.4 Å². The molecule has 2 aromatic carbocycles. The molecule has 0 radical (unpaired) electrons. The van der Waals surface area contributed by atoms with Crippen molar-refractivity contribution < 1.29 is 19.1 Å². The third-order valence-electron chi connectivity index (χ3n) is 5.34. The van der Waals surface area contributed by atoms with Gasteiger partial charge in [0.15, 0.2) is 0 Å². The lowest BCUT2D eigenvalue weighted by Gasteiger charge is -2.20. The van der Waals surface area contributed by atoms with Crippen LogP contribution in [0.1, 0.15) is 41.8 Å². The van der Waals surface area contributed by atoms with E-state index in [2.05, 4.69) is 19.2 Å². The highest BCUT2D eigenvalue weighted by atomic mass is 16.5. The SMILES string of the molecule is CCc1cccc(CC)c1NC(=O)C1CC(=O)N(c2ccccc2C(=O)OC)C1. The van der Waals surface area contributed by atoms with E-state index in [0.717, 1.165) is 29.7 Å². The molecular formula is C23H26N2O4. The van der Waals surface area contributed by atoms with Gasteiger partial charge in [-0.1, -0.05) is 44.2 Å². The topological polar surface area (TPSA) is 75.7 Å². The summed E-state index contributed by atoms with van der Waals surface area (Å²) in [7, 11) is 1.30. The molecule has 1 atom stereocenters. The van der Waals surface area contributed by atoms with Crippen molar-refractivity contribution in [3.63, 3.8) is 0 Å². The van der Waals surface area contributed by atoms with Crippen LogP contribution in [0.4, 0.5) is 11.4 Å². The minimum atomic E-state index is -0.509. The Morgan fingerprint density at radius 1 is 1.07 bits per heavy atom. The number of benzene rings is 2. The Labute approximate surface area is 170 Å². The van der Waals surface area contributed by atoms with Gasteiger partial charge in [0.2, 0.25) is 11.8 Å². The summed E-state index contributed by atoms with van der Waals surface area (Å²) in [6.07, 6.45) is 1.73. The molecule has 1 N–H and O–H groups in total. The first-order chi connectivity index (χ1) is 14.0. The molecule has 29 heavy (non-hydrogen) atoms. The second-order valence-corrected chi connectivity index (χ2v) is 7.06. The molecule has 1 fully saturated rings. The molecule has 1 saturated heterocycles. The molecule has 0 saturated carbocycles. The van der Waals surface area contributed by atoms with Gasteiger partial charge in [-0.15, -0.1) is 0 Å². The first-order valence-electron chi connectivity index (χ1n) is 9.89. The summed E-state index contributed by atoms with van der Waals surface area (Å²) in [5, 5.41) is 3.05. The molecule has 2 aromatic rings. The summed E-state index contributed by atoms with van der Waals surface area (Å²) in [6, 6.07) is 12.8. The number of ether oxygens (including phenoxy) is 1. The number of aryl methyl sites for hydroxylation is 2. The molecule has 0 aliphatic carbocycles. The average Bonchev–Trinajstić information content (AvgIpc) is 3.14. The predicted octanol–water partition coefficient (Wildman–Crippen LogP) is 3.59. The maximum atomic E-state index is 13.0. The highest BCUT2D eigenvalue weighted by Gasteiger charge is 2.37. The van der Waals surface area contributed by atoms with Gasteiger partial charge in [0.25, 0.3) is 0 Å². The average molecular weight is 394 g/mol. The Bertz CT molecular complexity index is 916. The molecule has 1 aliphatic rings. The normalized spacial score (nSPS) is 16.0. The molecule has 6 heteroatoms. The van der Waals surface area contributed by atoms with E-state index < -0.39 is 11.9 Å². The van der Waals surface area contributed by atoms with Crippen LogP contribution >= 0.6 is 0 Å². The van der Waals surface area contributed by atoms with E-state index in [1.165, 1.54) is 12.0 Å². The van der Waals surface area contributed by atoms with Crippen LogP contribution in [0.2, 0.25) is 0 Å². The highest BCUT2D eigenvalue weighted by Crippen LogP contribution is 2.30. The van der Waals surface area contributed by atoms with Crippen molar-refractivity contribution in [2.45, 2.75) is 33.1 Å². The zero-order chi connectivity index (χ0) is 21.0. The van der Waals surface area contributed by atoms with Crippen LogP contribution in [0.15, 0.2) is 42.5 Å². The van der Waals surface area contributed by atoms with Gasteiger partial charge in [-0.05, 0) is 36.1 Å². The van der Waals surface area contributed by atoms with Crippen molar-refractivity contribution >= 4 is 29.2 Å². The Morgan fingerprint density at radius 2 is 1.72 bits per heavy atom. The number of carbonyl (C=O) groups is 3. The minimum Gasteiger partial charge on any atom is -0.465 e. The van der Waals surface area contributed by atoms with Crippen LogP contribution in [0.25, 0.3) is 0 Å². The summed E-state index contributed by atoms with van der Waals surface area (Å²) < 4.78 is 4.82. The van der Waals surface area contributed by atoms with Crippen molar-refractivity contribution in [3.8, 4) is 0 Å². The zero-order valence-corrected chi connectivity index (χ0v) is 17.0. The van der Waals surface area contributed by atoms with Crippen molar-refractivity contribution in [2.24, 2.45) is 5.92 Å². The quantitative estimate of drug-likeness (QED) is 0.760. The third kappa shape index (κ3) is 4.16. The lowest BCUT2D eigenvalue weighted by Crippen LogP contribution is -2.29. The Balaban J connectivity index is 1.82. The summed E-state index contributed by atoms with van der Waals surface area (Å²) >= 11 is 0. The second kappa shape index (κ2) is 8.90. The molecule has 1 heterocycles. The van der Waals surface area contributed by atoms with E-state index in [1.807, 2.05) is 18.2 Å². The molecule has 0 bridgehead atoms. The number of hydrogen-bond acceptors (Lipinski definition) is 4. The molecule has 0 spiro atoms. The van der Waals surface area contributed by atoms with Crippen molar-refractivity contribution in [3.05, 3.63) is 59.2 Å². The van der Waals surface area contributed by atoms with Gasteiger partial charge in [-0.3, -0.25) is 9.59 Å². The van der Waals surface area contributed by atoms with Gasteiger partial charge in [0.05, 0.1) is 24.3 Å². The largest absolute Gasteiger partial charge is 0.465 e. The molecule has 6 nitrogen and oxygen atoms in total. The fraction of sp³-hybridized carbons (Fsp3) is 0.348. The first-order valence-corrected chi connectivity index (χ1v) is 9.89. The summed E-state index contributed by atoms with van der Waals surface area (Å²) in [5.74, 6) is -1.35. The monoisotopic (exact) mass is 394 g/mol. The molecule has 2 amide bonds. The molecular weight excluding hydrogens is 368 g/mol. The number of carbonyl (C=O) groups excluding carboxylic acids is 3. The van der Waals surface area contributed by atoms with E-state index >= 15 is 0 Å². The Morgan fingerprint density at radius 3 is 2.34 bits per heavy atom. The number of nitrogens with one attached hydrogen (secondary N) is 1. The van der Waals surface area contributed by atoms with E-state index in [0.29, 0.717) is 11.3 Å². The molecule has 3 rings (SSSR count). The fourth-order valence-electron chi connectivity index (χ4n) is 3.74. The predicted molar refractivity (Wildman–Crippen MR) is 112 cm³/mol. The number of anilines is 2. The van der Waals surface area contributed by atoms with Crippen LogP contribution in [0, 0.1) is 5.92 Å². The van der Waals surface area contributed by atoms with Gasteiger partial charge in [0.1, 0.15) is 0 Å². The number of esters is 1. The van der Waals surface area contributed by atoms with Crippen molar-refractivity contribution in [1.82, 2.24) is 0 Å². The lowest BCUT2D eigenvalue weighted by atomic mass is 10.0. The van der Waals surface area contributed by atoms with Gasteiger partial charge in [-0.25, -0.2) is 4.79 Å². The van der Waals surface area contributed by atoms with Gasteiger partial charge in [-0.2, -0.15) is 0 Å². The zero-order valence-electron chi connectivity index (χ0n) is 17.0. The fourth-order valence-corrected chi connectivity index (χ4v) is 3.74. The number of methoxy groups -OCH3 is 1. The van der Waals surface area contributed by atoms with E-state index in [4.69, 9.17) is 4.74 Å². The number of amides is 2. The van der Waals surface area contributed by atoms with Crippen molar-refractivity contribution in [1.29, 1.82) is 0 Å². The lowest BCUT2D eigenvalue weighted by molar-refractivity contribution is -0.122. The Hall–Kier alpha value is -3.15. The maximum absolute atomic E-state index is 13.0.